The summed E-state index contributed by atoms with van der Waals surface area (Å²) in [5.41, 5.74) is 3.66. The second-order valence-electron chi connectivity index (χ2n) is 6.70. The highest BCUT2D eigenvalue weighted by Gasteiger charge is 2.33. The van der Waals surface area contributed by atoms with Crippen LogP contribution in [0.15, 0.2) is 54.6 Å². The maximum absolute atomic E-state index is 12.8. The van der Waals surface area contributed by atoms with Gasteiger partial charge < -0.3 is 15.4 Å². The summed E-state index contributed by atoms with van der Waals surface area (Å²) in [6, 6.07) is 17.1. The number of thiophene rings is 1. The Kier molecular flexibility index (Phi) is 4.88. The maximum Gasteiger partial charge on any atom is 0.266 e. The molecule has 0 saturated heterocycles. The molecular formula is C22H20N2O3S. The van der Waals surface area contributed by atoms with Crippen LogP contribution in [0.3, 0.4) is 0 Å². The highest BCUT2D eigenvalue weighted by Crippen LogP contribution is 2.45. The molecule has 0 fully saturated rings. The summed E-state index contributed by atoms with van der Waals surface area (Å²) in [5.74, 6) is 0.437. The number of carbonyl (C=O) groups is 2. The first kappa shape index (κ1) is 18.3. The minimum absolute atomic E-state index is 0.0448. The predicted octanol–water partition coefficient (Wildman–Crippen LogP) is 4.79. The van der Waals surface area contributed by atoms with E-state index in [2.05, 4.69) is 10.6 Å². The molecule has 0 spiro atoms. The molecule has 2 aromatic carbocycles. The molecule has 0 radical (unpaired) electrons. The van der Waals surface area contributed by atoms with Crippen LogP contribution in [0.4, 0.5) is 10.7 Å². The molecule has 2 heterocycles. The van der Waals surface area contributed by atoms with Crippen molar-refractivity contribution < 1.29 is 14.3 Å². The first-order valence-electron chi connectivity index (χ1n) is 9.00. The molecule has 5 nitrogen and oxygen atoms in total. The molecule has 4 rings (SSSR count). The molecule has 0 unspecified atom stereocenters. The summed E-state index contributed by atoms with van der Waals surface area (Å²) in [4.78, 5) is 25.8. The van der Waals surface area contributed by atoms with Gasteiger partial charge in [-0.1, -0.05) is 30.3 Å². The number of nitrogens with one attached hydrogen (secondary N) is 2. The summed E-state index contributed by atoms with van der Waals surface area (Å²) in [6.07, 6.45) is 0.345. The Hall–Kier alpha value is -3.12. The van der Waals surface area contributed by atoms with Gasteiger partial charge in [-0.3, -0.25) is 9.59 Å². The Morgan fingerprint density at radius 3 is 2.71 bits per heavy atom. The van der Waals surface area contributed by atoms with E-state index in [0.717, 1.165) is 33.1 Å². The number of methoxy groups -OCH3 is 1. The van der Waals surface area contributed by atoms with Crippen molar-refractivity contribution in [3.63, 3.8) is 0 Å². The summed E-state index contributed by atoms with van der Waals surface area (Å²) in [6.45, 7) is 1.94. The molecule has 1 atom stereocenters. The zero-order chi connectivity index (χ0) is 19.7. The molecule has 2 amide bonds. The van der Waals surface area contributed by atoms with Crippen LogP contribution >= 0.6 is 11.3 Å². The number of fused-ring (bicyclic) bond motifs is 1. The second-order valence-corrected chi connectivity index (χ2v) is 7.72. The number of benzene rings is 2. The van der Waals surface area contributed by atoms with E-state index in [0.29, 0.717) is 11.3 Å². The number of para-hydroxylation sites is 1. The van der Waals surface area contributed by atoms with Crippen LogP contribution < -0.4 is 15.4 Å². The number of hydrogen-bond donors (Lipinski definition) is 2. The molecule has 0 aliphatic carbocycles. The van der Waals surface area contributed by atoms with E-state index in [9.17, 15) is 9.59 Å². The first-order chi connectivity index (χ1) is 13.6. The smallest absolute Gasteiger partial charge is 0.266 e. The normalized spacial score (nSPS) is 15.5. The minimum atomic E-state index is -0.165. The van der Waals surface area contributed by atoms with Gasteiger partial charge in [0.2, 0.25) is 5.91 Å². The van der Waals surface area contributed by atoms with Crippen LogP contribution in [0.2, 0.25) is 0 Å². The maximum atomic E-state index is 12.8. The number of ether oxygens (including phenoxy) is 1. The van der Waals surface area contributed by atoms with Crippen LogP contribution in [0.25, 0.3) is 0 Å². The fraction of sp³-hybridized carbons (Fsp3) is 0.182. The Labute approximate surface area is 167 Å². The standard InChI is InChI=1S/C22H20N2O3S/c1-13-19-17(14-7-6-10-16(11-14)27-2)12-18(25)24-22(19)28-20(13)21(26)23-15-8-4-3-5-9-15/h3-11,17H,12H2,1-2H3,(H,23,26)(H,24,25)/t17-/m1/s1. The third-order valence-electron chi connectivity index (χ3n) is 4.92. The Morgan fingerprint density at radius 2 is 1.96 bits per heavy atom. The summed E-state index contributed by atoms with van der Waals surface area (Å²) >= 11 is 1.33. The molecule has 1 aliphatic heterocycles. The average molecular weight is 392 g/mol. The van der Waals surface area contributed by atoms with Crippen molar-refractivity contribution in [3.05, 3.63) is 76.2 Å². The van der Waals surface area contributed by atoms with Crippen LogP contribution in [0.5, 0.6) is 5.75 Å². The van der Waals surface area contributed by atoms with Gasteiger partial charge in [0.25, 0.3) is 5.91 Å². The Bertz CT molecular complexity index is 1040. The van der Waals surface area contributed by atoms with Crippen molar-refractivity contribution in [3.8, 4) is 5.75 Å². The van der Waals surface area contributed by atoms with E-state index in [1.807, 2.05) is 61.5 Å². The summed E-state index contributed by atoms with van der Waals surface area (Å²) < 4.78 is 5.34. The van der Waals surface area contributed by atoms with E-state index in [-0.39, 0.29) is 17.7 Å². The molecule has 1 aromatic heterocycles. The third kappa shape index (κ3) is 3.39. The largest absolute Gasteiger partial charge is 0.497 e. The van der Waals surface area contributed by atoms with E-state index in [1.165, 1.54) is 11.3 Å². The zero-order valence-corrected chi connectivity index (χ0v) is 16.4. The number of anilines is 2. The topological polar surface area (TPSA) is 67.4 Å². The Balaban J connectivity index is 1.72. The van der Waals surface area contributed by atoms with Gasteiger partial charge >= 0.3 is 0 Å². The molecule has 1 aliphatic rings. The Morgan fingerprint density at radius 1 is 1.18 bits per heavy atom. The number of carbonyl (C=O) groups excluding carboxylic acids is 2. The lowest BCUT2D eigenvalue weighted by molar-refractivity contribution is -0.116. The highest BCUT2D eigenvalue weighted by atomic mass is 32.1. The molecule has 2 N–H and O–H groups in total. The number of hydrogen-bond acceptors (Lipinski definition) is 4. The van der Waals surface area contributed by atoms with Crippen LogP contribution in [-0.4, -0.2) is 18.9 Å². The molecule has 0 bridgehead atoms. The monoisotopic (exact) mass is 392 g/mol. The quantitative estimate of drug-likeness (QED) is 0.671. The van der Waals surface area contributed by atoms with Crippen LogP contribution in [-0.2, 0) is 4.79 Å². The molecule has 0 saturated carbocycles. The fourth-order valence-corrected chi connectivity index (χ4v) is 4.75. The fourth-order valence-electron chi connectivity index (χ4n) is 3.57. The first-order valence-corrected chi connectivity index (χ1v) is 9.82. The van der Waals surface area contributed by atoms with Crippen LogP contribution in [0, 0.1) is 6.92 Å². The highest BCUT2D eigenvalue weighted by molar-refractivity contribution is 7.18. The van der Waals surface area contributed by atoms with Gasteiger partial charge in [0.15, 0.2) is 0 Å². The average Bonchev–Trinajstić information content (AvgIpc) is 3.04. The van der Waals surface area contributed by atoms with Gasteiger partial charge in [-0.2, -0.15) is 0 Å². The lowest BCUT2D eigenvalue weighted by atomic mass is 9.85. The molecular weight excluding hydrogens is 372 g/mol. The van der Waals surface area contributed by atoms with Gasteiger partial charge in [0, 0.05) is 18.0 Å². The molecule has 6 heteroatoms. The van der Waals surface area contributed by atoms with Gasteiger partial charge in [-0.25, -0.2) is 0 Å². The van der Waals surface area contributed by atoms with Crippen LogP contribution in [0.1, 0.15) is 38.7 Å². The van der Waals surface area contributed by atoms with E-state index < -0.39 is 0 Å². The van der Waals surface area contributed by atoms with Gasteiger partial charge in [0.05, 0.1) is 17.0 Å². The summed E-state index contributed by atoms with van der Waals surface area (Å²) in [7, 11) is 1.62. The van der Waals surface area contributed by atoms with Gasteiger partial charge in [-0.15, -0.1) is 11.3 Å². The zero-order valence-electron chi connectivity index (χ0n) is 15.6. The van der Waals surface area contributed by atoms with Crippen molar-refractivity contribution in [1.82, 2.24) is 0 Å². The van der Waals surface area contributed by atoms with Crippen molar-refractivity contribution in [1.29, 1.82) is 0 Å². The van der Waals surface area contributed by atoms with Gasteiger partial charge in [-0.05, 0) is 47.9 Å². The molecule has 28 heavy (non-hydrogen) atoms. The van der Waals surface area contributed by atoms with Crippen molar-refractivity contribution in [2.75, 3.05) is 17.7 Å². The number of amides is 2. The lowest BCUT2D eigenvalue weighted by Crippen LogP contribution is -2.22. The van der Waals surface area contributed by atoms with Crippen molar-refractivity contribution >= 4 is 33.8 Å². The minimum Gasteiger partial charge on any atom is -0.497 e. The molecule has 3 aromatic rings. The van der Waals surface area contributed by atoms with Crippen molar-refractivity contribution in [2.24, 2.45) is 0 Å². The van der Waals surface area contributed by atoms with E-state index in [4.69, 9.17) is 4.74 Å². The second kappa shape index (κ2) is 7.48. The number of rotatable bonds is 4. The van der Waals surface area contributed by atoms with Crippen molar-refractivity contribution in [2.45, 2.75) is 19.3 Å². The SMILES string of the molecule is COc1cccc([C@H]2CC(=O)Nc3sc(C(=O)Nc4ccccc4)c(C)c32)c1. The summed E-state index contributed by atoms with van der Waals surface area (Å²) in [5, 5.41) is 6.62. The lowest BCUT2D eigenvalue weighted by Gasteiger charge is -2.24. The van der Waals surface area contributed by atoms with E-state index in [1.54, 1.807) is 7.11 Å². The molecule has 142 valence electrons. The van der Waals surface area contributed by atoms with Gasteiger partial charge in [0.1, 0.15) is 5.75 Å². The third-order valence-corrected chi connectivity index (χ3v) is 6.14. The van der Waals surface area contributed by atoms with E-state index >= 15 is 0 Å². The predicted molar refractivity (Wildman–Crippen MR) is 112 cm³/mol.